The molecule has 1 unspecified atom stereocenters. The molecule has 0 radical (unpaired) electrons. The van der Waals surface area contributed by atoms with Crippen LogP contribution in [0.2, 0.25) is 0 Å². The lowest BCUT2D eigenvalue weighted by Crippen LogP contribution is -2.25. The van der Waals surface area contributed by atoms with E-state index in [0.29, 0.717) is 11.3 Å². The molecule has 0 aliphatic heterocycles. The van der Waals surface area contributed by atoms with Crippen molar-refractivity contribution in [3.05, 3.63) is 35.4 Å². The largest absolute Gasteiger partial charge is 0.323 e. The Morgan fingerprint density at radius 3 is 2.47 bits per heavy atom. The van der Waals surface area contributed by atoms with Gasteiger partial charge >= 0.3 is 0 Å². The van der Waals surface area contributed by atoms with Crippen molar-refractivity contribution in [3.63, 3.8) is 0 Å². The molecule has 0 fully saturated rings. The Hall–Kier alpha value is -0.650. The molecule has 0 saturated carbocycles. The summed E-state index contributed by atoms with van der Waals surface area (Å²) in [4.78, 5) is 2.34. The molecule has 0 aliphatic rings. The zero-order valence-corrected chi connectivity index (χ0v) is 12.4. The number of halogens is 2. The second-order valence-corrected chi connectivity index (χ2v) is 5.53. The third-order valence-corrected chi connectivity index (χ3v) is 4.18. The zero-order valence-electron chi connectivity index (χ0n) is 11.5. The van der Waals surface area contributed by atoms with E-state index in [2.05, 4.69) is 18.7 Å². The van der Waals surface area contributed by atoms with Crippen LogP contribution in [-0.2, 0) is 0 Å². The first-order valence-electron chi connectivity index (χ1n) is 6.59. The fourth-order valence-corrected chi connectivity index (χ4v) is 2.78. The van der Waals surface area contributed by atoms with E-state index in [1.54, 1.807) is 17.8 Å². The molecular formula is C14H22F2N2S. The van der Waals surface area contributed by atoms with E-state index < -0.39 is 11.6 Å². The average Bonchev–Trinajstić information content (AvgIpc) is 2.42. The molecule has 1 aromatic rings. The molecule has 0 amide bonds. The summed E-state index contributed by atoms with van der Waals surface area (Å²) in [7, 11) is 0. The minimum absolute atomic E-state index is 0.253. The molecule has 108 valence electrons. The number of hydrogen-bond donors (Lipinski definition) is 1. The Kier molecular flexibility index (Phi) is 7.34. The first-order chi connectivity index (χ1) is 9.08. The number of rotatable bonds is 8. The topological polar surface area (TPSA) is 29.3 Å². The predicted molar refractivity (Wildman–Crippen MR) is 78.4 cm³/mol. The molecule has 0 aromatic heterocycles. The van der Waals surface area contributed by atoms with Gasteiger partial charge in [0, 0.05) is 24.1 Å². The molecule has 0 spiro atoms. The number of thioether (sulfide) groups is 1. The molecule has 1 rings (SSSR count). The Morgan fingerprint density at radius 2 is 1.89 bits per heavy atom. The van der Waals surface area contributed by atoms with E-state index in [4.69, 9.17) is 5.73 Å². The van der Waals surface area contributed by atoms with Crippen LogP contribution >= 0.6 is 11.8 Å². The van der Waals surface area contributed by atoms with Crippen LogP contribution in [0.4, 0.5) is 8.78 Å². The monoisotopic (exact) mass is 288 g/mol. The van der Waals surface area contributed by atoms with Gasteiger partial charge in [0.2, 0.25) is 0 Å². The van der Waals surface area contributed by atoms with Crippen LogP contribution in [0.5, 0.6) is 0 Å². The van der Waals surface area contributed by atoms with Gasteiger partial charge in [-0.3, -0.25) is 0 Å². The molecule has 19 heavy (non-hydrogen) atoms. The molecule has 0 aliphatic carbocycles. The molecule has 0 saturated heterocycles. The second-order valence-electron chi connectivity index (χ2n) is 4.38. The fourth-order valence-electron chi connectivity index (χ4n) is 1.78. The van der Waals surface area contributed by atoms with Crippen LogP contribution in [0.3, 0.4) is 0 Å². The lowest BCUT2D eigenvalue weighted by atomic mass is 10.1. The smallest absolute Gasteiger partial charge is 0.159 e. The molecule has 0 bridgehead atoms. The van der Waals surface area contributed by atoms with Gasteiger partial charge in [-0.1, -0.05) is 19.9 Å². The van der Waals surface area contributed by atoms with Gasteiger partial charge < -0.3 is 10.6 Å². The third-order valence-electron chi connectivity index (χ3n) is 3.12. The summed E-state index contributed by atoms with van der Waals surface area (Å²) in [5.41, 5.74) is 6.62. The van der Waals surface area contributed by atoms with E-state index in [1.165, 1.54) is 6.07 Å². The van der Waals surface area contributed by atoms with Crippen molar-refractivity contribution in [2.45, 2.75) is 19.9 Å². The highest BCUT2D eigenvalue weighted by Crippen LogP contribution is 2.18. The maximum Gasteiger partial charge on any atom is 0.159 e. The quantitative estimate of drug-likeness (QED) is 0.746. The third kappa shape index (κ3) is 5.47. The summed E-state index contributed by atoms with van der Waals surface area (Å²) < 4.78 is 25.9. The van der Waals surface area contributed by atoms with Gasteiger partial charge in [-0.15, -0.1) is 0 Å². The molecule has 2 nitrogen and oxygen atoms in total. The fraction of sp³-hybridized carbons (Fsp3) is 0.571. The normalized spacial score (nSPS) is 12.9. The van der Waals surface area contributed by atoms with Gasteiger partial charge in [-0.05, 0) is 30.8 Å². The van der Waals surface area contributed by atoms with Crippen LogP contribution in [0.1, 0.15) is 25.5 Å². The molecule has 2 N–H and O–H groups in total. The molecule has 1 atom stereocenters. The summed E-state index contributed by atoms with van der Waals surface area (Å²) in [5.74, 6) is 0.0528. The van der Waals surface area contributed by atoms with E-state index in [1.807, 2.05) is 0 Å². The van der Waals surface area contributed by atoms with Crippen molar-refractivity contribution < 1.29 is 8.78 Å². The second kappa shape index (κ2) is 8.51. The van der Waals surface area contributed by atoms with Crippen LogP contribution < -0.4 is 5.73 Å². The Balaban J connectivity index is 2.34. The Morgan fingerprint density at radius 1 is 1.21 bits per heavy atom. The van der Waals surface area contributed by atoms with Crippen molar-refractivity contribution in [1.82, 2.24) is 4.90 Å². The molecule has 5 heteroatoms. The van der Waals surface area contributed by atoms with Crippen molar-refractivity contribution in [2.24, 2.45) is 5.73 Å². The predicted octanol–water partition coefficient (Wildman–Crippen LogP) is 3.04. The van der Waals surface area contributed by atoms with Gasteiger partial charge in [-0.2, -0.15) is 11.8 Å². The van der Waals surface area contributed by atoms with Crippen molar-refractivity contribution in [3.8, 4) is 0 Å². The van der Waals surface area contributed by atoms with Gasteiger partial charge in [-0.25, -0.2) is 8.78 Å². The summed E-state index contributed by atoms with van der Waals surface area (Å²) in [6, 6.07) is 3.61. The van der Waals surface area contributed by atoms with Gasteiger partial charge in [0.1, 0.15) is 0 Å². The summed E-state index contributed by atoms with van der Waals surface area (Å²) in [6.07, 6.45) is 0. The summed E-state index contributed by atoms with van der Waals surface area (Å²) >= 11 is 1.74. The van der Waals surface area contributed by atoms with E-state index in [-0.39, 0.29) is 6.04 Å². The first-order valence-corrected chi connectivity index (χ1v) is 7.74. The van der Waals surface area contributed by atoms with E-state index in [9.17, 15) is 8.78 Å². The first kappa shape index (κ1) is 16.4. The van der Waals surface area contributed by atoms with Crippen molar-refractivity contribution in [2.75, 3.05) is 31.1 Å². The number of hydrogen-bond acceptors (Lipinski definition) is 3. The SMILES string of the molecule is CCN(CC)CCSCC(N)c1ccc(F)c(F)c1. The highest BCUT2D eigenvalue weighted by molar-refractivity contribution is 7.99. The minimum atomic E-state index is -0.832. The van der Waals surface area contributed by atoms with Crippen molar-refractivity contribution in [1.29, 1.82) is 0 Å². The lowest BCUT2D eigenvalue weighted by molar-refractivity contribution is 0.324. The van der Waals surface area contributed by atoms with Crippen LogP contribution in [0.15, 0.2) is 18.2 Å². The average molecular weight is 288 g/mol. The van der Waals surface area contributed by atoms with Crippen LogP contribution in [0.25, 0.3) is 0 Å². The molecule has 0 heterocycles. The molecule has 1 aromatic carbocycles. The van der Waals surface area contributed by atoms with Crippen LogP contribution in [0, 0.1) is 11.6 Å². The Labute approximate surface area is 118 Å². The lowest BCUT2D eigenvalue weighted by Gasteiger charge is -2.18. The summed E-state index contributed by atoms with van der Waals surface area (Å²) in [6.45, 7) is 7.41. The number of nitrogens with two attached hydrogens (primary N) is 1. The maximum absolute atomic E-state index is 13.1. The zero-order chi connectivity index (χ0) is 14.3. The van der Waals surface area contributed by atoms with E-state index in [0.717, 1.165) is 31.5 Å². The highest BCUT2D eigenvalue weighted by atomic mass is 32.2. The highest BCUT2D eigenvalue weighted by Gasteiger charge is 2.10. The van der Waals surface area contributed by atoms with Gasteiger partial charge in [0.25, 0.3) is 0 Å². The van der Waals surface area contributed by atoms with E-state index >= 15 is 0 Å². The molecular weight excluding hydrogens is 266 g/mol. The van der Waals surface area contributed by atoms with Gasteiger partial charge in [0.05, 0.1) is 0 Å². The number of nitrogens with zero attached hydrogens (tertiary/aromatic N) is 1. The number of benzene rings is 1. The maximum atomic E-state index is 13.1. The van der Waals surface area contributed by atoms with Crippen LogP contribution in [-0.4, -0.2) is 36.0 Å². The Bertz CT molecular complexity index is 384. The summed E-state index contributed by atoms with van der Waals surface area (Å²) in [5, 5.41) is 0. The van der Waals surface area contributed by atoms with Crippen molar-refractivity contribution >= 4 is 11.8 Å². The minimum Gasteiger partial charge on any atom is -0.323 e. The standard InChI is InChI=1S/C14H22F2N2S/c1-3-18(4-2)7-8-19-10-14(17)11-5-6-12(15)13(16)9-11/h5-6,9,14H,3-4,7-8,10,17H2,1-2H3. The van der Waals surface area contributed by atoms with Gasteiger partial charge in [0.15, 0.2) is 11.6 Å².